The summed E-state index contributed by atoms with van der Waals surface area (Å²) in [5.74, 6) is 2.74. The maximum absolute atomic E-state index is 9.69. The molecule has 0 aromatic heterocycles. The third-order valence-corrected chi connectivity index (χ3v) is 4.72. The van der Waals surface area contributed by atoms with Crippen LogP contribution in [-0.4, -0.2) is 37.5 Å². The summed E-state index contributed by atoms with van der Waals surface area (Å²) < 4.78 is 23.8. The van der Waals surface area contributed by atoms with E-state index in [4.69, 9.17) is 18.9 Å². The van der Waals surface area contributed by atoms with Crippen molar-refractivity contribution in [3.05, 3.63) is 35.9 Å². The highest BCUT2D eigenvalue weighted by atomic mass is 32.2. The number of phenols is 1. The van der Waals surface area contributed by atoms with E-state index < -0.39 is 0 Å². The summed E-state index contributed by atoms with van der Waals surface area (Å²) in [7, 11) is 4.77. The summed E-state index contributed by atoms with van der Waals surface area (Å²) in [6.45, 7) is 1.06. The average molecular weight is 349 g/mol. The number of aromatic hydroxyl groups is 1. The fourth-order valence-electron chi connectivity index (χ4n) is 2.42. The van der Waals surface area contributed by atoms with Crippen molar-refractivity contribution in [3.8, 4) is 28.7 Å². The molecular weight excluding hydrogens is 330 g/mol. The molecule has 0 unspecified atom stereocenters. The number of methoxy groups -OCH3 is 3. The van der Waals surface area contributed by atoms with E-state index in [0.717, 1.165) is 16.2 Å². The minimum Gasteiger partial charge on any atom is -0.504 e. The van der Waals surface area contributed by atoms with Gasteiger partial charge < -0.3 is 24.1 Å². The first-order chi connectivity index (χ1) is 11.6. The summed E-state index contributed by atoms with van der Waals surface area (Å²) >= 11 is 1.56. The van der Waals surface area contributed by atoms with Crippen molar-refractivity contribution < 1.29 is 24.1 Å². The van der Waals surface area contributed by atoms with Crippen LogP contribution in [0, 0.1) is 0 Å². The number of hydrogen-bond acceptors (Lipinski definition) is 7. The predicted molar refractivity (Wildman–Crippen MR) is 91.1 cm³/mol. The zero-order chi connectivity index (χ0) is 17.1. The van der Waals surface area contributed by atoms with Crippen LogP contribution in [0.15, 0.2) is 35.2 Å². The van der Waals surface area contributed by atoms with Crippen molar-refractivity contribution in [1.29, 1.82) is 0 Å². The number of rotatable bonds is 5. The predicted octanol–water partition coefficient (Wildman–Crippen LogP) is 3.28. The number of benzene rings is 2. The third kappa shape index (κ3) is 3.32. The van der Waals surface area contributed by atoms with Crippen molar-refractivity contribution in [2.75, 3.05) is 28.1 Å². The lowest BCUT2D eigenvalue weighted by Crippen LogP contribution is -2.25. The molecule has 0 saturated heterocycles. The van der Waals surface area contributed by atoms with Crippen LogP contribution in [0.3, 0.4) is 0 Å². The Labute approximate surface area is 145 Å². The van der Waals surface area contributed by atoms with Gasteiger partial charge in [0.05, 0.1) is 21.3 Å². The smallest absolute Gasteiger partial charge is 0.160 e. The van der Waals surface area contributed by atoms with Crippen LogP contribution in [0.1, 0.15) is 5.56 Å². The number of phenolic OH excluding ortho intramolecular Hbond substituents is 1. The fourth-order valence-corrected chi connectivity index (χ4v) is 3.44. The summed E-state index contributed by atoms with van der Waals surface area (Å²) in [5.41, 5.74) is 1.01. The minimum atomic E-state index is 0.128. The monoisotopic (exact) mass is 349 g/mol. The lowest BCUT2D eigenvalue weighted by molar-refractivity contribution is 0.190. The molecule has 2 aromatic rings. The van der Waals surface area contributed by atoms with Gasteiger partial charge in [-0.3, -0.25) is 0 Å². The summed E-state index contributed by atoms with van der Waals surface area (Å²) in [6.07, 6.45) is 0. The van der Waals surface area contributed by atoms with E-state index in [9.17, 15) is 5.11 Å². The second-order valence-electron chi connectivity index (χ2n) is 5.17. The Hall–Kier alpha value is -2.25. The number of nitrogens with zero attached hydrogens (tertiary/aromatic N) is 1. The first kappa shape index (κ1) is 16.6. The van der Waals surface area contributed by atoms with Crippen LogP contribution in [0.4, 0.5) is 0 Å². The maximum atomic E-state index is 9.69. The van der Waals surface area contributed by atoms with E-state index >= 15 is 0 Å². The second kappa shape index (κ2) is 7.11. The highest BCUT2D eigenvalue weighted by molar-refractivity contribution is 7.97. The first-order valence-electron chi connectivity index (χ1n) is 7.32. The molecule has 24 heavy (non-hydrogen) atoms. The molecule has 0 bridgehead atoms. The van der Waals surface area contributed by atoms with E-state index in [2.05, 4.69) is 4.31 Å². The van der Waals surface area contributed by atoms with Gasteiger partial charge in [-0.1, -0.05) is 6.07 Å². The Kier molecular flexibility index (Phi) is 4.92. The molecule has 0 atom stereocenters. The molecule has 1 aliphatic rings. The van der Waals surface area contributed by atoms with Crippen LogP contribution in [0.25, 0.3) is 0 Å². The molecule has 3 rings (SSSR count). The van der Waals surface area contributed by atoms with Crippen molar-refractivity contribution in [2.24, 2.45) is 0 Å². The van der Waals surface area contributed by atoms with Gasteiger partial charge in [0.15, 0.2) is 18.2 Å². The molecule has 0 spiro atoms. The second-order valence-corrected chi connectivity index (χ2v) is 6.27. The fraction of sp³-hybridized carbons (Fsp3) is 0.294. The lowest BCUT2D eigenvalue weighted by atomic mass is 10.2. The van der Waals surface area contributed by atoms with Gasteiger partial charge in [-0.05, 0) is 29.6 Å². The van der Waals surface area contributed by atoms with Gasteiger partial charge in [-0.25, -0.2) is 4.31 Å². The van der Waals surface area contributed by atoms with Gasteiger partial charge in [0.1, 0.15) is 22.1 Å². The van der Waals surface area contributed by atoms with E-state index in [1.807, 2.05) is 24.3 Å². The summed E-state index contributed by atoms with van der Waals surface area (Å²) in [5, 5.41) is 9.69. The van der Waals surface area contributed by atoms with Gasteiger partial charge in [0.25, 0.3) is 0 Å². The molecule has 1 aliphatic heterocycles. The Bertz CT molecular complexity index is 720. The van der Waals surface area contributed by atoms with Crippen molar-refractivity contribution in [1.82, 2.24) is 4.31 Å². The Morgan fingerprint density at radius 2 is 1.88 bits per heavy atom. The van der Waals surface area contributed by atoms with Crippen LogP contribution in [0.2, 0.25) is 0 Å². The lowest BCUT2D eigenvalue weighted by Gasteiger charge is -2.29. The zero-order valence-electron chi connectivity index (χ0n) is 13.7. The molecule has 0 fully saturated rings. The van der Waals surface area contributed by atoms with Gasteiger partial charge in [-0.2, -0.15) is 0 Å². The highest BCUT2D eigenvalue weighted by Gasteiger charge is 2.24. The molecule has 1 N–H and O–H groups in total. The number of fused-ring (bicyclic) bond motifs is 1. The first-order valence-corrected chi connectivity index (χ1v) is 8.09. The molecule has 2 aromatic carbocycles. The molecule has 0 aliphatic carbocycles. The molecule has 0 saturated carbocycles. The standard InChI is InChI=1S/C17H19NO5S/c1-20-12-7-15(22-3)17-16(8-12)23-10-18(24-17)9-11-4-5-13(19)14(6-11)21-2/h4-8,19H,9-10H2,1-3H3. The van der Waals surface area contributed by atoms with Gasteiger partial charge in [0, 0.05) is 18.7 Å². The molecular formula is C17H19NO5S. The maximum Gasteiger partial charge on any atom is 0.160 e. The normalized spacial score (nSPS) is 13.8. The van der Waals surface area contributed by atoms with Crippen molar-refractivity contribution in [2.45, 2.75) is 11.4 Å². The topological polar surface area (TPSA) is 60.4 Å². The largest absolute Gasteiger partial charge is 0.504 e. The molecule has 7 heteroatoms. The SMILES string of the molecule is COc1cc(OC)c2c(c1)OCN(Cc1ccc(O)c(OC)c1)S2. The van der Waals surface area contributed by atoms with Gasteiger partial charge in [0.2, 0.25) is 0 Å². The Balaban J connectivity index is 1.80. The Morgan fingerprint density at radius 3 is 2.58 bits per heavy atom. The quantitative estimate of drug-likeness (QED) is 0.831. The number of hydrogen-bond donors (Lipinski definition) is 1. The summed E-state index contributed by atoms with van der Waals surface area (Å²) in [6, 6.07) is 8.99. The van der Waals surface area contributed by atoms with Gasteiger partial charge >= 0.3 is 0 Å². The highest BCUT2D eigenvalue weighted by Crippen LogP contribution is 2.45. The van der Waals surface area contributed by atoms with Crippen LogP contribution < -0.4 is 18.9 Å². The van der Waals surface area contributed by atoms with E-state index in [0.29, 0.717) is 30.5 Å². The van der Waals surface area contributed by atoms with E-state index in [1.165, 1.54) is 7.11 Å². The van der Waals surface area contributed by atoms with Crippen LogP contribution in [-0.2, 0) is 6.54 Å². The van der Waals surface area contributed by atoms with Crippen molar-refractivity contribution >= 4 is 11.9 Å². The summed E-state index contributed by atoms with van der Waals surface area (Å²) in [4.78, 5) is 0.912. The molecule has 128 valence electrons. The Morgan fingerprint density at radius 1 is 1.08 bits per heavy atom. The van der Waals surface area contributed by atoms with E-state index in [-0.39, 0.29) is 5.75 Å². The van der Waals surface area contributed by atoms with Crippen LogP contribution in [0.5, 0.6) is 28.7 Å². The van der Waals surface area contributed by atoms with Crippen LogP contribution >= 0.6 is 11.9 Å². The minimum absolute atomic E-state index is 0.128. The molecule has 1 heterocycles. The molecule has 6 nitrogen and oxygen atoms in total. The van der Waals surface area contributed by atoms with Crippen molar-refractivity contribution in [3.63, 3.8) is 0 Å². The van der Waals surface area contributed by atoms with E-state index in [1.54, 1.807) is 32.2 Å². The van der Waals surface area contributed by atoms with Gasteiger partial charge in [-0.15, -0.1) is 0 Å². The molecule has 0 radical (unpaired) electrons. The average Bonchev–Trinajstić information content (AvgIpc) is 2.62. The third-order valence-electron chi connectivity index (χ3n) is 3.64. The zero-order valence-corrected chi connectivity index (χ0v) is 14.6. The number of ether oxygens (including phenoxy) is 4. The molecule has 0 amide bonds.